The van der Waals surface area contributed by atoms with Gasteiger partial charge in [0, 0.05) is 18.6 Å². The lowest BCUT2D eigenvalue weighted by atomic mass is 10.1. The van der Waals surface area contributed by atoms with E-state index in [1.54, 1.807) is 0 Å². The van der Waals surface area contributed by atoms with Crippen LogP contribution in [0.5, 0.6) is 0 Å². The number of aryl methyl sites for hydroxylation is 1. The highest BCUT2D eigenvalue weighted by Gasteiger charge is 2.16. The molecule has 2 unspecified atom stereocenters. The molecule has 2 heteroatoms. The van der Waals surface area contributed by atoms with E-state index in [0.717, 1.165) is 13.1 Å². The maximum absolute atomic E-state index is 3.57. The number of hydrogen-bond acceptors (Lipinski definition) is 2. The quantitative estimate of drug-likeness (QED) is 0.797. The summed E-state index contributed by atoms with van der Waals surface area (Å²) >= 11 is 0. The molecule has 0 amide bonds. The lowest BCUT2D eigenvalue weighted by molar-refractivity contribution is 0.206. The van der Waals surface area contributed by atoms with Gasteiger partial charge >= 0.3 is 0 Å². The van der Waals surface area contributed by atoms with Gasteiger partial charge in [-0.3, -0.25) is 4.90 Å². The van der Waals surface area contributed by atoms with Gasteiger partial charge in [-0.1, -0.05) is 31.2 Å². The molecule has 1 rings (SSSR count). The fourth-order valence-electron chi connectivity index (χ4n) is 2.12. The zero-order chi connectivity index (χ0) is 13.5. The molecule has 2 nitrogen and oxygen atoms in total. The number of nitrogens with one attached hydrogen (secondary N) is 1. The summed E-state index contributed by atoms with van der Waals surface area (Å²) in [5, 5.41) is 3.57. The van der Waals surface area contributed by atoms with Crippen LogP contribution in [0.1, 0.15) is 38.3 Å². The Bertz CT molecular complexity index is 349. The Morgan fingerprint density at radius 3 is 2.50 bits per heavy atom. The summed E-state index contributed by atoms with van der Waals surface area (Å²) in [5.74, 6) is 0. The van der Waals surface area contributed by atoms with Gasteiger partial charge in [-0.25, -0.2) is 0 Å². The van der Waals surface area contributed by atoms with Crippen molar-refractivity contribution in [3.63, 3.8) is 0 Å². The first kappa shape index (κ1) is 15.2. The van der Waals surface area contributed by atoms with E-state index >= 15 is 0 Å². The van der Waals surface area contributed by atoms with Gasteiger partial charge in [0.25, 0.3) is 0 Å². The van der Waals surface area contributed by atoms with E-state index in [2.05, 4.69) is 69.2 Å². The number of rotatable bonds is 7. The summed E-state index contributed by atoms with van der Waals surface area (Å²) in [6.45, 7) is 11.1. The third kappa shape index (κ3) is 4.43. The first-order valence-electron chi connectivity index (χ1n) is 7.04. The van der Waals surface area contributed by atoms with Crippen molar-refractivity contribution in [3.05, 3.63) is 35.4 Å². The minimum absolute atomic E-state index is 0.527. The largest absolute Gasteiger partial charge is 0.313 e. The van der Waals surface area contributed by atoms with E-state index in [0.29, 0.717) is 12.1 Å². The molecule has 102 valence electrons. The predicted octanol–water partition coefficient (Wildman–Crippen LogP) is 3.20. The third-order valence-corrected chi connectivity index (χ3v) is 3.82. The molecule has 1 N–H and O–H groups in total. The smallest absolute Gasteiger partial charge is 0.0236 e. The molecule has 1 aromatic rings. The van der Waals surface area contributed by atoms with Crippen LogP contribution in [0.2, 0.25) is 0 Å². The normalized spacial score (nSPS) is 14.8. The van der Waals surface area contributed by atoms with Crippen molar-refractivity contribution >= 4 is 0 Å². The van der Waals surface area contributed by atoms with Crippen LogP contribution in [0.15, 0.2) is 24.3 Å². The Kier molecular flexibility index (Phi) is 6.37. The SMILES string of the molecule is CCCNC(C)C(C)N(C)Cc1ccccc1C. The second kappa shape index (κ2) is 7.55. The number of likely N-dealkylation sites (N-methyl/N-ethyl adjacent to an activating group) is 1. The van der Waals surface area contributed by atoms with Gasteiger partial charge in [0.05, 0.1) is 0 Å². The second-order valence-corrected chi connectivity index (χ2v) is 5.33. The summed E-state index contributed by atoms with van der Waals surface area (Å²) in [7, 11) is 2.21. The molecule has 0 saturated carbocycles. The van der Waals surface area contributed by atoms with Crippen molar-refractivity contribution in [1.29, 1.82) is 0 Å². The van der Waals surface area contributed by atoms with Gasteiger partial charge in [-0.15, -0.1) is 0 Å². The Hall–Kier alpha value is -0.860. The summed E-state index contributed by atoms with van der Waals surface area (Å²) in [6.07, 6.45) is 1.19. The molecule has 0 aliphatic heterocycles. The molecule has 0 saturated heterocycles. The van der Waals surface area contributed by atoms with Gasteiger partial charge in [-0.05, 0) is 51.9 Å². The van der Waals surface area contributed by atoms with Crippen molar-refractivity contribution < 1.29 is 0 Å². The molecule has 0 aromatic heterocycles. The van der Waals surface area contributed by atoms with Gasteiger partial charge in [-0.2, -0.15) is 0 Å². The van der Waals surface area contributed by atoms with Crippen molar-refractivity contribution in [2.24, 2.45) is 0 Å². The standard InChI is InChI=1S/C16H28N2/c1-6-11-17-14(3)15(4)18(5)12-16-10-8-7-9-13(16)2/h7-10,14-15,17H,6,11-12H2,1-5H3. The van der Waals surface area contributed by atoms with E-state index in [4.69, 9.17) is 0 Å². The Morgan fingerprint density at radius 1 is 1.22 bits per heavy atom. The van der Waals surface area contributed by atoms with E-state index in [1.807, 2.05) is 0 Å². The highest BCUT2D eigenvalue weighted by Crippen LogP contribution is 2.12. The Balaban J connectivity index is 2.54. The van der Waals surface area contributed by atoms with E-state index in [-0.39, 0.29) is 0 Å². The molecule has 0 aliphatic rings. The van der Waals surface area contributed by atoms with Crippen LogP contribution in [-0.4, -0.2) is 30.6 Å². The molecule has 0 radical (unpaired) electrons. The average molecular weight is 248 g/mol. The lowest BCUT2D eigenvalue weighted by Crippen LogP contribution is -2.45. The number of benzene rings is 1. The highest BCUT2D eigenvalue weighted by molar-refractivity contribution is 5.25. The number of hydrogen-bond donors (Lipinski definition) is 1. The van der Waals surface area contributed by atoms with Crippen molar-refractivity contribution in [2.45, 2.75) is 52.7 Å². The van der Waals surface area contributed by atoms with Crippen LogP contribution in [-0.2, 0) is 6.54 Å². The zero-order valence-corrected chi connectivity index (χ0v) is 12.5. The molecule has 0 bridgehead atoms. The van der Waals surface area contributed by atoms with Gasteiger partial charge < -0.3 is 5.32 Å². The topological polar surface area (TPSA) is 15.3 Å². The summed E-state index contributed by atoms with van der Waals surface area (Å²) in [5.41, 5.74) is 2.81. The fraction of sp³-hybridized carbons (Fsp3) is 0.625. The van der Waals surface area contributed by atoms with Crippen molar-refractivity contribution in [1.82, 2.24) is 10.2 Å². The predicted molar refractivity (Wildman–Crippen MR) is 79.9 cm³/mol. The molecule has 1 aromatic carbocycles. The molecule has 0 fully saturated rings. The first-order chi connectivity index (χ1) is 8.56. The Morgan fingerprint density at radius 2 is 1.89 bits per heavy atom. The Labute approximate surface area is 112 Å². The highest BCUT2D eigenvalue weighted by atomic mass is 15.2. The number of nitrogens with zero attached hydrogens (tertiary/aromatic N) is 1. The third-order valence-electron chi connectivity index (χ3n) is 3.82. The average Bonchev–Trinajstić information content (AvgIpc) is 2.37. The van der Waals surface area contributed by atoms with Crippen molar-refractivity contribution in [2.75, 3.05) is 13.6 Å². The van der Waals surface area contributed by atoms with E-state index < -0.39 is 0 Å². The molecule has 18 heavy (non-hydrogen) atoms. The van der Waals surface area contributed by atoms with Crippen molar-refractivity contribution in [3.8, 4) is 0 Å². The summed E-state index contributed by atoms with van der Waals surface area (Å²) in [6, 6.07) is 9.71. The first-order valence-corrected chi connectivity index (χ1v) is 7.04. The zero-order valence-electron chi connectivity index (χ0n) is 12.5. The monoisotopic (exact) mass is 248 g/mol. The maximum atomic E-state index is 3.57. The van der Waals surface area contributed by atoms with E-state index in [1.165, 1.54) is 17.5 Å². The summed E-state index contributed by atoms with van der Waals surface area (Å²) in [4.78, 5) is 2.43. The second-order valence-electron chi connectivity index (χ2n) is 5.33. The molecule has 0 heterocycles. The van der Waals surface area contributed by atoms with Crippen LogP contribution < -0.4 is 5.32 Å². The fourth-order valence-corrected chi connectivity index (χ4v) is 2.12. The van der Waals surface area contributed by atoms with E-state index in [9.17, 15) is 0 Å². The minimum atomic E-state index is 0.527. The minimum Gasteiger partial charge on any atom is -0.313 e. The lowest BCUT2D eigenvalue weighted by Gasteiger charge is -2.31. The van der Waals surface area contributed by atoms with Crippen LogP contribution in [0.4, 0.5) is 0 Å². The van der Waals surface area contributed by atoms with Gasteiger partial charge in [0.2, 0.25) is 0 Å². The molecule has 2 atom stereocenters. The van der Waals surface area contributed by atoms with Crippen LogP contribution >= 0.6 is 0 Å². The van der Waals surface area contributed by atoms with Crippen LogP contribution in [0.25, 0.3) is 0 Å². The van der Waals surface area contributed by atoms with Gasteiger partial charge in [0.1, 0.15) is 0 Å². The molecule has 0 spiro atoms. The van der Waals surface area contributed by atoms with Crippen LogP contribution in [0.3, 0.4) is 0 Å². The molecular weight excluding hydrogens is 220 g/mol. The van der Waals surface area contributed by atoms with Gasteiger partial charge in [0.15, 0.2) is 0 Å². The molecule has 0 aliphatic carbocycles. The summed E-state index contributed by atoms with van der Waals surface area (Å²) < 4.78 is 0. The van der Waals surface area contributed by atoms with Crippen LogP contribution in [0, 0.1) is 6.92 Å². The molecular formula is C16H28N2. The maximum Gasteiger partial charge on any atom is 0.0236 e.